The van der Waals surface area contributed by atoms with Gasteiger partial charge < -0.3 is 0 Å². The molecule has 0 aromatic heterocycles. The molecule has 0 rings (SSSR count). The van der Waals surface area contributed by atoms with Crippen LogP contribution in [-0.2, 0) is 15.6 Å². The summed E-state index contributed by atoms with van der Waals surface area (Å²) >= 11 is 3.17. The Morgan fingerprint density at radius 2 is 1.25 bits per heavy atom. The first-order valence-corrected chi connectivity index (χ1v) is 2.52. The Bertz CT molecular complexity index is 8.00. The van der Waals surface area contributed by atoms with Gasteiger partial charge in [-0.1, -0.05) is 0 Å². The van der Waals surface area contributed by atoms with Crippen LogP contribution in [0.5, 0.6) is 0 Å². The fraction of sp³-hybridized carbons (Fsp3) is 0. The average Bonchev–Trinajstić information content (AvgIpc) is 1.00. The zero-order valence-corrected chi connectivity index (χ0v) is 3.19. The van der Waals surface area contributed by atoms with Gasteiger partial charge in [-0.2, -0.15) is 0 Å². The Morgan fingerprint density at radius 1 is 1.25 bits per heavy atom. The average molecular weight is 171 g/mol. The summed E-state index contributed by atoms with van der Waals surface area (Å²) < 4.78 is 0. The molecule has 1 atom stereocenters. The van der Waals surface area contributed by atoms with Crippen molar-refractivity contribution in [3.05, 3.63) is 0 Å². The molecule has 4 heteroatoms. The van der Waals surface area contributed by atoms with E-state index in [0.717, 1.165) is 0 Å². The van der Waals surface area contributed by atoms with Crippen molar-refractivity contribution in [3.8, 4) is 0 Å². The third-order valence-corrected chi connectivity index (χ3v) is 0. The Balaban J connectivity index is -0.00000000500. The van der Waals surface area contributed by atoms with E-state index in [0.29, 0.717) is 0 Å². The Labute approximate surface area is 109 Å². The molecule has 0 spiro atoms. The van der Waals surface area contributed by atoms with Crippen molar-refractivity contribution in [1.82, 2.24) is 0 Å². The van der Waals surface area contributed by atoms with Crippen molar-refractivity contribution in [2.24, 2.45) is 0 Å². The summed E-state index contributed by atoms with van der Waals surface area (Å²) in [5.74, 6) is 0. The molecular weight excluding hydrogens is 166 g/mol. The first kappa shape index (κ1) is 15.7. The molecule has 0 saturated carbocycles. The molecule has 21 valence electrons. The SMILES string of the molecule is [CaH2].[KH].[PH2][Fe]. The van der Waals surface area contributed by atoms with Crippen LogP contribution in [0.1, 0.15) is 0 Å². The van der Waals surface area contributed by atoms with Crippen LogP contribution in [-0.4, -0.2) is 89.1 Å². The van der Waals surface area contributed by atoms with Crippen LogP contribution in [0.25, 0.3) is 0 Å². The van der Waals surface area contributed by atoms with Gasteiger partial charge in [-0.25, -0.2) is 0 Å². The molecule has 0 aliphatic heterocycles. The minimum absolute atomic E-state index is 0. The number of hydrogen-bond donors (Lipinski definition) is 0. The Morgan fingerprint density at radius 3 is 1.25 bits per heavy atom. The molecule has 0 bridgehead atoms. The molecule has 4 heavy (non-hydrogen) atoms. The van der Waals surface area contributed by atoms with Gasteiger partial charge in [-0.05, 0) is 0 Å². The molecule has 1 unspecified atom stereocenters. The van der Waals surface area contributed by atoms with Crippen LogP contribution < -0.4 is 0 Å². The predicted molar refractivity (Wildman–Crippen MR) is 25.4 cm³/mol. The molecule has 0 amide bonds. The predicted octanol–water partition coefficient (Wildman–Crippen LogP) is -1.24. The zero-order chi connectivity index (χ0) is 2.00. The van der Waals surface area contributed by atoms with Gasteiger partial charge in [0, 0.05) is 0 Å². The van der Waals surface area contributed by atoms with Gasteiger partial charge >= 0.3 is 113 Å². The summed E-state index contributed by atoms with van der Waals surface area (Å²) in [7, 11) is 2.17. The second-order valence-corrected chi connectivity index (χ2v) is 0. The number of hydrogen-bond acceptors (Lipinski definition) is 0. The standard InChI is InChI=1S/Ca.Fe.K.H2P.3H/h;;;1H2;;;/q;+1;;-1;;;. The summed E-state index contributed by atoms with van der Waals surface area (Å²) in [5, 5.41) is 0. The zero-order valence-electron chi connectivity index (χ0n) is 0.931. The van der Waals surface area contributed by atoms with Crippen molar-refractivity contribution in [2.45, 2.75) is 0 Å². The van der Waals surface area contributed by atoms with E-state index in [1.54, 1.807) is 0 Å². The molecule has 0 fully saturated rings. The van der Waals surface area contributed by atoms with Crippen LogP contribution in [0.2, 0.25) is 0 Å². The quantitative estimate of drug-likeness (QED) is 0.316. The molecule has 0 N–H and O–H groups in total. The van der Waals surface area contributed by atoms with E-state index in [2.05, 4.69) is 23.5 Å². The van der Waals surface area contributed by atoms with Crippen molar-refractivity contribution in [1.29, 1.82) is 0 Å². The van der Waals surface area contributed by atoms with E-state index in [4.69, 9.17) is 0 Å². The van der Waals surface area contributed by atoms with Crippen molar-refractivity contribution >= 4 is 97.1 Å². The van der Waals surface area contributed by atoms with Crippen LogP contribution in [0.4, 0.5) is 0 Å². The van der Waals surface area contributed by atoms with Crippen LogP contribution in [0.15, 0.2) is 0 Å². The van der Waals surface area contributed by atoms with E-state index < -0.39 is 0 Å². The van der Waals surface area contributed by atoms with Crippen LogP contribution in [0.3, 0.4) is 0 Å². The van der Waals surface area contributed by atoms with E-state index >= 15 is 0 Å². The first-order valence-electron chi connectivity index (χ1n) is 0.204. The topological polar surface area (TPSA) is 0 Å². The first-order chi connectivity index (χ1) is 1.00. The van der Waals surface area contributed by atoms with E-state index in [-0.39, 0.29) is 89.1 Å². The third-order valence-electron chi connectivity index (χ3n) is 0. The molecule has 0 radical (unpaired) electrons. The molecule has 0 aliphatic carbocycles. The second-order valence-electron chi connectivity index (χ2n) is 0. The molecule has 0 aromatic carbocycles. The van der Waals surface area contributed by atoms with Gasteiger partial charge in [0.1, 0.15) is 0 Å². The van der Waals surface area contributed by atoms with E-state index in [1.807, 2.05) is 0 Å². The Hall–Kier alpha value is 3.85. The van der Waals surface area contributed by atoms with Crippen molar-refractivity contribution in [2.75, 3.05) is 0 Å². The monoisotopic (exact) mass is 171 g/mol. The maximum atomic E-state index is 3.17. The van der Waals surface area contributed by atoms with Gasteiger partial charge in [-0.3, -0.25) is 0 Å². The second kappa shape index (κ2) is 15.8. The molecule has 0 heterocycles. The van der Waals surface area contributed by atoms with E-state index in [1.165, 1.54) is 0 Å². The van der Waals surface area contributed by atoms with E-state index in [9.17, 15) is 0 Å². The van der Waals surface area contributed by atoms with Crippen LogP contribution in [0, 0.1) is 0 Å². The summed E-state index contributed by atoms with van der Waals surface area (Å²) in [5.41, 5.74) is 0. The molecule has 0 aromatic rings. The van der Waals surface area contributed by atoms with Gasteiger partial charge in [0.25, 0.3) is 0 Å². The normalized spacial score (nSPS) is 1.50. The summed E-state index contributed by atoms with van der Waals surface area (Å²) in [6, 6.07) is 0. The van der Waals surface area contributed by atoms with Crippen molar-refractivity contribution < 1.29 is 15.6 Å². The van der Waals surface area contributed by atoms with Gasteiger partial charge in [0.2, 0.25) is 0 Å². The molecular formula is H5CaFeKP. The van der Waals surface area contributed by atoms with Gasteiger partial charge in [0.15, 0.2) is 0 Å². The maximum absolute atomic E-state index is 3.17. The Kier molecular flexibility index (Phi) is 61.9. The molecule has 0 aliphatic rings. The molecule has 0 saturated heterocycles. The fourth-order valence-corrected chi connectivity index (χ4v) is 0. The summed E-state index contributed by atoms with van der Waals surface area (Å²) in [6.07, 6.45) is 0. The van der Waals surface area contributed by atoms with Gasteiger partial charge in [-0.15, -0.1) is 0 Å². The summed E-state index contributed by atoms with van der Waals surface area (Å²) in [4.78, 5) is 0. The van der Waals surface area contributed by atoms with Gasteiger partial charge in [0.05, 0.1) is 0 Å². The molecule has 0 nitrogen and oxygen atoms in total. The summed E-state index contributed by atoms with van der Waals surface area (Å²) in [6.45, 7) is 0. The minimum atomic E-state index is 0. The van der Waals surface area contributed by atoms with Crippen molar-refractivity contribution in [3.63, 3.8) is 0 Å². The number of rotatable bonds is 0. The third kappa shape index (κ3) is 9.28. The fourth-order valence-electron chi connectivity index (χ4n) is 0. The van der Waals surface area contributed by atoms with Crippen LogP contribution >= 0.6 is 7.93 Å².